The smallest absolute Gasteiger partial charge is 0.167 e. The fourth-order valence-electron chi connectivity index (χ4n) is 5.30. The van der Waals surface area contributed by atoms with Gasteiger partial charge in [0, 0.05) is 16.7 Å². The Labute approximate surface area is 250 Å². The molecule has 0 saturated heterocycles. The van der Waals surface area contributed by atoms with Crippen LogP contribution in [0.5, 0.6) is 17.2 Å². The third kappa shape index (κ3) is 5.99. The average molecular weight is 568 g/mol. The molecule has 0 radical (unpaired) electrons. The molecule has 3 aromatic carbocycles. The van der Waals surface area contributed by atoms with Gasteiger partial charge in [0.15, 0.2) is 17.5 Å². The Balaban J connectivity index is 2.14. The molecule has 6 nitrogen and oxygen atoms in total. The van der Waals surface area contributed by atoms with Crippen molar-refractivity contribution in [3.8, 4) is 51.4 Å². The van der Waals surface area contributed by atoms with Crippen LogP contribution in [-0.4, -0.2) is 30.3 Å². The molecule has 0 aliphatic carbocycles. The van der Waals surface area contributed by atoms with E-state index in [1.54, 1.807) is 0 Å². The number of phenolic OH excluding ortho intramolecular Hbond substituents is 3. The van der Waals surface area contributed by atoms with E-state index >= 15 is 0 Å². The number of rotatable bonds is 3. The molecule has 0 aliphatic rings. The number of hydrogen-bond donors (Lipinski definition) is 3. The summed E-state index contributed by atoms with van der Waals surface area (Å²) in [5.74, 6) is 1.09. The lowest BCUT2D eigenvalue weighted by atomic mass is 9.83. The molecule has 222 valence electrons. The number of aromatic nitrogens is 3. The molecule has 0 saturated carbocycles. The van der Waals surface area contributed by atoms with Gasteiger partial charge in [0.25, 0.3) is 0 Å². The summed E-state index contributed by atoms with van der Waals surface area (Å²) in [6, 6.07) is 11.5. The van der Waals surface area contributed by atoms with Gasteiger partial charge in [-0.25, -0.2) is 15.0 Å². The van der Waals surface area contributed by atoms with Gasteiger partial charge in [-0.15, -0.1) is 0 Å². The van der Waals surface area contributed by atoms with Crippen molar-refractivity contribution in [3.05, 3.63) is 69.8 Å². The van der Waals surface area contributed by atoms with Crippen molar-refractivity contribution in [3.63, 3.8) is 0 Å². The predicted molar refractivity (Wildman–Crippen MR) is 171 cm³/mol. The van der Waals surface area contributed by atoms with E-state index in [4.69, 9.17) is 15.0 Å². The Bertz CT molecular complexity index is 1470. The summed E-state index contributed by atoms with van der Waals surface area (Å²) >= 11 is 0. The Morgan fingerprint density at radius 1 is 0.405 bits per heavy atom. The quantitative estimate of drug-likeness (QED) is 0.229. The van der Waals surface area contributed by atoms with Crippen LogP contribution in [0.2, 0.25) is 0 Å². The molecule has 0 spiro atoms. The monoisotopic (exact) mass is 567 g/mol. The highest BCUT2D eigenvalue weighted by Crippen LogP contribution is 2.43. The van der Waals surface area contributed by atoms with Gasteiger partial charge in [-0.2, -0.15) is 0 Å². The van der Waals surface area contributed by atoms with Crippen LogP contribution in [0.25, 0.3) is 34.2 Å². The molecule has 1 heterocycles. The topological polar surface area (TPSA) is 99.4 Å². The minimum absolute atomic E-state index is 0.101. The minimum atomic E-state index is -0.323. The van der Waals surface area contributed by atoms with E-state index in [2.05, 4.69) is 0 Å². The molecule has 4 aromatic rings. The van der Waals surface area contributed by atoms with Gasteiger partial charge in [-0.05, 0) is 71.9 Å². The van der Waals surface area contributed by atoms with E-state index in [1.165, 1.54) is 0 Å². The van der Waals surface area contributed by atoms with Gasteiger partial charge in [-0.3, -0.25) is 0 Å². The number of hydrogen-bond acceptors (Lipinski definition) is 6. The molecule has 3 N–H and O–H groups in total. The zero-order valence-electron chi connectivity index (χ0n) is 27.1. The Morgan fingerprint density at radius 2 is 0.619 bits per heavy atom. The van der Waals surface area contributed by atoms with Crippen molar-refractivity contribution >= 4 is 0 Å². The van der Waals surface area contributed by atoms with Crippen molar-refractivity contribution in [2.75, 3.05) is 0 Å². The molecule has 0 aliphatic heterocycles. The van der Waals surface area contributed by atoms with Crippen molar-refractivity contribution in [1.82, 2.24) is 15.0 Å². The molecule has 0 fully saturated rings. The first-order chi connectivity index (χ1) is 19.2. The van der Waals surface area contributed by atoms with E-state index in [-0.39, 0.29) is 51.0 Å². The summed E-state index contributed by atoms with van der Waals surface area (Å²) in [4.78, 5) is 14.5. The highest BCUT2D eigenvalue weighted by Gasteiger charge is 2.28. The van der Waals surface area contributed by atoms with Crippen molar-refractivity contribution in [2.45, 2.75) is 99.3 Å². The predicted octanol–water partition coefficient (Wildman–Crippen LogP) is 8.81. The summed E-state index contributed by atoms with van der Waals surface area (Å²) < 4.78 is 0. The Hall–Kier alpha value is -3.93. The standard InChI is InChI=1S/C36H45N3O3/c1-19-13-22(28(40)25(16-19)34(4,5)6)31-37-32(23-14-20(2)17-26(29(23)41)35(7,8)9)39-33(38-31)24-15-21(3)18-27(30(24)42)36(10,11)12/h13-18,40-42H,1-12H3. The second kappa shape index (κ2) is 10.4. The van der Waals surface area contributed by atoms with Crippen LogP contribution in [0.3, 0.4) is 0 Å². The zero-order chi connectivity index (χ0) is 31.5. The minimum Gasteiger partial charge on any atom is -0.507 e. The van der Waals surface area contributed by atoms with Crippen molar-refractivity contribution in [1.29, 1.82) is 0 Å². The fourth-order valence-corrected chi connectivity index (χ4v) is 5.30. The lowest BCUT2D eigenvalue weighted by molar-refractivity contribution is 0.448. The van der Waals surface area contributed by atoms with Crippen LogP contribution >= 0.6 is 0 Å². The molecule has 0 bridgehead atoms. The van der Waals surface area contributed by atoms with Crippen LogP contribution in [0, 0.1) is 20.8 Å². The van der Waals surface area contributed by atoms with Gasteiger partial charge in [0.05, 0.1) is 16.7 Å². The van der Waals surface area contributed by atoms with E-state index in [0.717, 1.165) is 33.4 Å². The van der Waals surface area contributed by atoms with Crippen LogP contribution in [0.15, 0.2) is 36.4 Å². The SMILES string of the molecule is Cc1cc(-c2nc(-c3cc(C)cc(C(C)(C)C)c3O)nc(-c3cc(C)cc(C(C)(C)C)c3O)n2)c(O)c(C(C)(C)C)c1. The molecule has 0 amide bonds. The molecule has 4 rings (SSSR count). The maximum Gasteiger partial charge on any atom is 0.167 e. The highest BCUT2D eigenvalue weighted by molar-refractivity contribution is 5.77. The normalized spacial score (nSPS) is 12.6. The van der Waals surface area contributed by atoms with Gasteiger partial charge in [0.2, 0.25) is 0 Å². The van der Waals surface area contributed by atoms with Gasteiger partial charge >= 0.3 is 0 Å². The molecule has 6 heteroatoms. The molecule has 0 atom stereocenters. The summed E-state index contributed by atoms with van der Waals surface area (Å²) in [6.07, 6.45) is 0. The molecule has 42 heavy (non-hydrogen) atoms. The highest BCUT2D eigenvalue weighted by atomic mass is 16.3. The lowest BCUT2D eigenvalue weighted by Crippen LogP contribution is -2.13. The first-order valence-electron chi connectivity index (χ1n) is 14.5. The van der Waals surface area contributed by atoms with E-state index in [9.17, 15) is 15.3 Å². The first kappa shape index (κ1) is 31.0. The molecular formula is C36H45N3O3. The number of benzene rings is 3. The Kier molecular flexibility index (Phi) is 7.69. The van der Waals surface area contributed by atoms with Crippen LogP contribution in [-0.2, 0) is 16.2 Å². The number of nitrogens with zero attached hydrogens (tertiary/aromatic N) is 3. The van der Waals surface area contributed by atoms with Gasteiger partial charge < -0.3 is 15.3 Å². The number of phenols is 3. The molecule has 0 unspecified atom stereocenters. The Morgan fingerprint density at radius 3 is 0.810 bits per heavy atom. The fraction of sp³-hybridized carbons (Fsp3) is 0.417. The average Bonchev–Trinajstić information content (AvgIpc) is 2.85. The van der Waals surface area contributed by atoms with Gasteiger partial charge in [-0.1, -0.05) is 80.5 Å². The number of aryl methyl sites for hydroxylation is 3. The van der Waals surface area contributed by atoms with E-state index in [0.29, 0.717) is 16.7 Å². The largest absolute Gasteiger partial charge is 0.507 e. The maximum atomic E-state index is 11.5. The summed E-state index contributed by atoms with van der Waals surface area (Å²) in [7, 11) is 0. The lowest BCUT2D eigenvalue weighted by Gasteiger charge is -2.24. The summed E-state index contributed by atoms with van der Waals surface area (Å²) in [5, 5.41) is 34.6. The van der Waals surface area contributed by atoms with E-state index < -0.39 is 0 Å². The molecular weight excluding hydrogens is 522 g/mol. The maximum absolute atomic E-state index is 11.5. The van der Waals surface area contributed by atoms with Crippen molar-refractivity contribution in [2.24, 2.45) is 0 Å². The second-order valence-corrected chi connectivity index (χ2v) is 14.7. The van der Waals surface area contributed by atoms with Crippen LogP contribution in [0.4, 0.5) is 0 Å². The van der Waals surface area contributed by atoms with Gasteiger partial charge in [0.1, 0.15) is 17.2 Å². The van der Waals surface area contributed by atoms with Crippen molar-refractivity contribution < 1.29 is 15.3 Å². The number of aromatic hydroxyl groups is 3. The zero-order valence-corrected chi connectivity index (χ0v) is 27.1. The summed E-state index contributed by atoms with van der Waals surface area (Å²) in [5.41, 5.74) is 5.65. The van der Waals surface area contributed by atoms with Crippen LogP contribution in [0.1, 0.15) is 95.7 Å². The summed E-state index contributed by atoms with van der Waals surface area (Å²) in [6.45, 7) is 24.4. The van der Waals surface area contributed by atoms with E-state index in [1.807, 2.05) is 119 Å². The first-order valence-corrected chi connectivity index (χ1v) is 14.5. The van der Waals surface area contributed by atoms with Crippen LogP contribution < -0.4 is 0 Å². The third-order valence-electron chi connectivity index (χ3n) is 7.54. The molecule has 1 aromatic heterocycles. The second-order valence-electron chi connectivity index (χ2n) is 14.7. The third-order valence-corrected chi connectivity index (χ3v) is 7.54.